The Balaban J connectivity index is 1.08. The van der Waals surface area contributed by atoms with Gasteiger partial charge in [0.25, 0.3) is 0 Å². The molecule has 1 aliphatic carbocycles. The van der Waals surface area contributed by atoms with Crippen LogP contribution in [0.2, 0.25) is 0 Å². The number of morpholine rings is 1. The summed E-state index contributed by atoms with van der Waals surface area (Å²) in [6.07, 6.45) is 5.95. The molecule has 3 aromatic heterocycles. The van der Waals surface area contributed by atoms with E-state index in [4.69, 9.17) is 23.9 Å². The average Bonchev–Trinajstić information content (AvgIpc) is 3.10. The third-order valence-corrected chi connectivity index (χ3v) is 10.5. The van der Waals surface area contributed by atoms with Gasteiger partial charge in [-0.1, -0.05) is 0 Å². The van der Waals surface area contributed by atoms with Gasteiger partial charge in [-0.05, 0) is 59.6 Å². The van der Waals surface area contributed by atoms with E-state index in [-0.39, 0.29) is 17.0 Å². The number of nitrogens with zero attached hydrogens (tertiary/aromatic N) is 7. The van der Waals surface area contributed by atoms with Crippen LogP contribution in [0.4, 0.5) is 11.8 Å². The standard InChI is InChI=1S/C34H51N9O7S/c1-34(2,3)50-33(44)40-51(45,46)27-19-28-29(35-23-27)20-30(43-14-16-47-17-15-43)39-31(28)49-25-7-5-24(6-8-25)38-32-36-21-26(22-37-32)48-18-13-42-11-9-41(4)10-12-42/h19-25,33,40,44H,5-18H2,1-4H3,(H,36,37,38). The van der Waals surface area contributed by atoms with Crippen LogP contribution in [-0.4, -0.2) is 140 Å². The van der Waals surface area contributed by atoms with Crippen molar-refractivity contribution in [1.82, 2.24) is 34.5 Å². The molecule has 16 nitrogen and oxygen atoms in total. The van der Waals surface area contributed by atoms with E-state index in [2.05, 4.69) is 46.7 Å². The molecule has 1 unspecified atom stereocenters. The molecule has 3 N–H and O–H groups in total. The molecule has 0 aromatic carbocycles. The molecule has 0 spiro atoms. The highest BCUT2D eigenvalue weighted by molar-refractivity contribution is 7.89. The number of anilines is 2. The third kappa shape index (κ3) is 10.6. The Bertz CT molecular complexity index is 1690. The van der Waals surface area contributed by atoms with E-state index in [1.807, 2.05) is 6.07 Å². The van der Waals surface area contributed by atoms with Gasteiger partial charge in [0, 0.05) is 64.1 Å². The van der Waals surface area contributed by atoms with Crippen molar-refractivity contribution in [3.63, 3.8) is 0 Å². The Morgan fingerprint density at radius 2 is 1.69 bits per heavy atom. The number of pyridine rings is 2. The molecule has 3 aromatic rings. The van der Waals surface area contributed by atoms with Gasteiger partial charge in [-0.25, -0.2) is 18.4 Å². The van der Waals surface area contributed by atoms with E-state index in [0.29, 0.717) is 67.2 Å². The number of aliphatic hydroxyl groups excluding tert-OH is 1. The van der Waals surface area contributed by atoms with Crippen molar-refractivity contribution >= 4 is 32.7 Å². The maximum Gasteiger partial charge on any atom is 0.246 e. The van der Waals surface area contributed by atoms with Gasteiger partial charge in [-0.2, -0.15) is 9.71 Å². The number of likely N-dealkylation sites (N-methyl/N-ethyl adjacent to an activating group) is 1. The smallest absolute Gasteiger partial charge is 0.246 e. The minimum Gasteiger partial charge on any atom is -0.489 e. The van der Waals surface area contributed by atoms with Crippen LogP contribution in [0.5, 0.6) is 11.6 Å². The largest absolute Gasteiger partial charge is 0.489 e. The molecular formula is C34H51N9O7S. The summed E-state index contributed by atoms with van der Waals surface area (Å²) in [4.78, 5) is 25.0. The van der Waals surface area contributed by atoms with Crippen molar-refractivity contribution in [2.24, 2.45) is 0 Å². The maximum absolute atomic E-state index is 13.2. The number of nitrogens with one attached hydrogen (secondary N) is 2. The van der Waals surface area contributed by atoms with Gasteiger partial charge in [0.05, 0.1) is 42.1 Å². The molecule has 1 atom stereocenters. The zero-order valence-corrected chi connectivity index (χ0v) is 30.8. The minimum absolute atomic E-state index is 0.142. The summed E-state index contributed by atoms with van der Waals surface area (Å²) in [7, 11) is -2.03. The number of hydrogen-bond acceptors (Lipinski definition) is 15. The van der Waals surface area contributed by atoms with Gasteiger partial charge in [0.1, 0.15) is 23.4 Å². The van der Waals surface area contributed by atoms with Gasteiger partial charge in [0.15, 0.2) is 5.75 Å². The molecule has 2 aliphatic heterocycles. The molecule has 51 heavy (non-hydrogen) atoms. The van der Waals surface area contributed by atoms with Crippen molar-refractivity contribution in [2.45, 2.75) is 75.5 Å². The number of sulfonamides is 1. The van der Waals surface area contributed by atoms with Crippen molar-refractivity contribution in [3.05, 3.63) is 30.7 Å². The zero-order chi connectivity index (χ0) is 36.0. The first kappa shape index (κ1) is 37.3. The monoisotopic (exact) mass is 729 g/mol. The molecule has 6 rings (SSSR count). The van der Waals surface area contributed by atoms with E-state index in [1.54, 1.807) is 33.2 Å². The van der Waals surface area contributed by atoms with Gasteiger partial charge in [-0.3, -0.25) is 9.88 Å². The molecule has 280 valence electrons. The van der Waals surface area contributed by atoms with Crippen LogP contribution < -0.4 is 24.4 Å². The number of rotatable bonds is 13. The van der Waals surface area contributed by atoms with E-state index in [1.165, 1.54) is 12.3 Å². The first-order valence-electron chi connectivity index (χ1n) is 17.7. The van der Waals surface area contributed by atoms with Crippen LogP contribution in [-0.2, 0) is 19.5 Å². The lowest BCUT2D eigenvalue weighted by atomic mass is 9.93. The molecule has 3 aliphatic rings. The van der Waals surface area contributed by atoms with Crippen molar-refractivity contribution < 1.29 is 32.5 Å². The van der Waals surface area contributed by atoms with Crippen LogP contribution in [0.25, 0.3) is 10.9 Å². The normalized spacial score (nSPS) is 21.8. The Kier molecular flexibility index (Phi) is 12.1. The first-order valence-corrected chi connectivity index (χ1v) is 19.2. The molecule has 5 heterocycles. The van der Waals surface area contributed by atoms with Gasteiger partial charge >= 0.3 is 0 Å². The fraction of sp³-hybridized carbons (Fsp3) is 0.647. The topological polar surface area (TPSA) is 177 Å². The Morgan fingerprint density at radius 1 is 0.980 bits per heavy atom. The summed E-state index contributed by atoms with van der Waals surface area (Å²) in [5.74, 6) is 2.22. The first-order chi connectivity index (χ1) is 24.4. The highest BCUT2D eigenvalue weighted by Crippen LogP contribution is 2.33. The Hall–Kier alpha value is -3.45. The van der Waals surface area contributed by atoms with E-state index < -0.39 is 22.0 Å². The Labute approximate surface area is 299 Å². The predicted octanol–water partition coefficient (Wildman–Crippen LogP) is 2.05. The molecule has 0 amide bonds. The van der Waals surface area contributed by atoms with Crippen LogP contribution in [0.15, 0.2) is 35.6 Å². The third-order valence-electron chi connectivity index (χ3n) is 9.16. The van der Waals surface area contributed by atoms with Crippen LogP contribution in [0.3, 0.4) is 0 Å². The van der Waals surface area contributed by atoms with Crippen molar-refractivity contribution in [3.8, 4) is 11.6 Å². The summed E-state index contributed by atoms with van der Waals surface area (Å²) in [6.45, 7) is 13.4. The molecular weight excluding hydrogens is 678 g/mol. The van der Waals surface area contributed by atoms with Crippen LogP contribution in [0, 0.1) is 0 Å². The van der Waals surface area contributed by atoms with Gasteiger partial charge < -0.3 is 39.2 Å². The van der Waals surface area contributed by atoms with Gasteiger partial charge in [-0.15, -0.1) is 0 Å². The average molecular weight is 730 g/mol. The number of aliphatic hydroxyl groups is 1. The molecule has 17 heteroatoms. The number of fused-ring (bicyclic) bond motifs is 1. The summed E-state index contributed by atoms with van der Waals surface area (Å²) >= 11 is 0. The fourth-order valence-corrected chi connectivity index (χ4v) is 7.22. The quantitative estimate of drug-likeness (QED) is 0.218. The molecule has 3 fully saturated rings. The number of aromatic nitrogens is 4. The molecule has 2 saturated heterocycles. The molecule has 1 saturated carbocycles. The second kappa shape index (κ2) is 16.5. The summed E-state index contributed by atoms with van der Waals surface area (Å²) in [5, 5.41) is 14.1. The number of hydrogen-bond donors (Lipinski definition) is 3. The summed E-state index contributed by atoms with van der Waals surface area (Å²) in [5.41, 5.74) is -0.221. The fourth-order valence-electron chi connectivity index (χ4n) is 6.31. The number of ether oxygens (including phenoxy) is 4. The number of piperazine rings is 1. The van der Waals surface area contributed by atoms with E-state index >= 15 is 0 Å². The molecule has 0 radical (unpaired) electrons. The highest BCUT2D eigenvalue weighted by atomic mass is 32.2. The minimum atomic E-state index is -4.18. The maximum atomic E-state index is 13.2. The van der Waals surface area contributed by atoms with Gasteiger partial charge in [0.2, 0.25) is 28.3 Å². The Morgan fingerprint density at radius 3 is 2.37 bits per heavy atom. The lowest BCUT2D eigenvalue weighted by Gasteiger charge is -2.32. The van der Waals surface area contributed by atoms with Crippen LogP contribution >= 0.6 is 0 Å². The lowest BCUT2D eigenvalue weighted by molar-refractivity contribution is -0.170. The van der Waals surface area contributed by atoms with E-state index in [0.717, 1.165) is 58.4 Å². The highest BCUT2D eigenvalue weighted by Gasteiger charge is 2.28. The van der Waals surface area contributed by atoms with Crippen molar-refractivity contribution in [1.29, 1.82) is 0 Å². The predicted molar refractivity (Wildman–Crippen MR) is 191 cm³/mol. The second-order valence-corrected chi connectivity index (χ2v) is 16.0. The molecule has 0 bridgehead atoms. The summed E-state index contributed by atoms with van der Waals surface area (Å²) < 4.78 is 51.9. The zero-order valence-electron chi connectivity index (χ0n) is 30.0. The SMILES string of the molecule is CN1CCN(CCOc2cnc(NC3CCC(Oc4nc(N5CCOCC5)cc5ncc(S(=O)(=O)NC(O)OC(C)(C)C)cc45)CC3)nc2)CC1. The lowest BCUT2D eigenvalue weighted by Crippen LogP contribution is -2.45. The van der Waals surface area contributed by atoms with Crippen molar-refractivity contribution in [2.75, 3.05) is 82.9 Å². The van der Waals surface area contributed by atoms with E-state index in [9.17, 15) is 13.5 Å². The second-order valence-electron chi connectivity index (χ2n) is 14.3. The van der Waals surface area contributed by atoms with Crippen LogP contribution in [0.1, 0.15) is 46.5 Å². The summed E-state index contributed by atoms with van der Waals surface area (Å²) in [6, 6.07) is 3.48.